The lowest BCUT2D eigenvalue weighted by atomic mass is 9.99. The molecule has 2 heteroatoms. The number of aliphatic hydroxyl groups is 1. The van der Waals surface area contributed by atoms with Gasteiger partial charge in [0.2, 0.25) is 0 Å². The average molecular weight is 247 g/mol. The maximum absolute atomic E-state index is 10.2. The SMILES string of the molecule is CC(C)c1ccccc1NC1CCCCCC1O. The molecule has 0 aromatic heterocycles. The highest BCUT2D eigenvalue weighted by Crippen LogP contribution is 2.27. The second-order valence-electron chi connectivity index (χ2n) is 5.70. The maximum Gasteiger partial charge on any atom is 0.0741 e. The summed E-state index contributed by atoms with van der Waals surface area (Å²) in [5.41, 5.74) is 2.53. The van der Waals surface area contributed by atoms with Crippen LogP contribution in [0.3, 0.4) is 0 Å². The van der Waals surface area contributed by atoms with Crippen LogP contribution in [0.1, 0.15) is 57.4 Å². The van der Waals surface area contributed by atoms with Crippen LogP contribution in [0.25, 0.3) is 0 Å². The molecular formula is C16H25NO. The highest BCUT2D eigenvalue weighted by molar-refractivity contribution is 5.53. The van der Waals surface area contributed by atoms with E-state index in [0.29, 0.717) is 5.92 Å². The van der Waals surface area contributed by atoms with Crippen molar-refractivity contribution in [2.45, 2.75) is 64.0 Å². The molecular weight excluding hydrogens is 222 g/mol. The molecule has 18 heavy (non-hydrogen) atoms. The summed E-state index contributed by atoms with van der Waals surface area (Å²) >= 11 is 0. The van der Waals surface area contributed by atoms with Gasteiger partial charge in [0.15, 0.2) is 0 Å². The number of aliphatic hydroxyl groups excluding tert-OH is 1. The fourth-order valence-electron chi connectivity index (χ4n) is 2.79. The van der Waals surface area contributed by atoms with Crippen molar-refractivity contribution in [3.63, 3.8) is 0 Å². The van der Waals surface area contributed by atoms with E-state index in [1.165, 1.54) is 24.1 Å². The Bertz CT molecular complexity index is 375. The van der Waals surface area contributed by atoms with Crippen molar-refractivity contribution >= 4 is 5.69 Å². The number of rotatable bonds is 3. The highest BCUT2D eigenvalue weighted by Gasteiger charge is 2.22. The number of hydrogen-bond acceptors (Lipinski definition) is 2. The van der Waals surface area contributed by atoms with Crippen molar-refractivity contribution < 1.29 is 5.11 Å². The van der Waals surface area contributed by atoms with Gasteiger partial charge in [0.25, 0.3) is 0 Å². The Morgan fingerprint density at radius 1 is 1.11 bits per heavy atom. The highest BCUT2D eigenvalue weighted by atomic mass is 16.3. The topological polar surface area (TPSA) is 32.3 Å². The van der Waals surface area contributed by atoms with Crippen LogP contribution in [0.15, 0.2) is 24.3 Å². The Morgan fingerprint density at radius 3 is 2.61 bits per heavy atom. The van der Waals surface area contributed by atoms with Crippen molar-refractivity contribution in [3.8, 4) is 0 Å². The van der Waals surface area contributed by atoms with Gasteiger partial charge in [0, 0.05) is 5.69 Å². The molecule has 2 nitrogen and oxygen atoms in total. The lowest BCUT2D eigenvalue weighted by Crippen LogP contribution is -2.32. The van der Waals surface area contributed by atoms with E-state index in [-0.39, 0.29) is 12.1 Å². The summed E-state index contributed by atoms with van der Waals surface area (Å²) in [4.78, 5) is 0. The molecule has 2 N–H and O–H groups in total. The van der Waals surface area contributed by atoms with Crippen molar-refractivity contribution in [1.29, 1.82) is 0 Å². The van der Waals surface area contributed by atoms with Gasteiger partial charge in [0.05, 0.1) is 12.1 Å². The first-order valence-electron chi connectivity index (χ1n) is 7.22. The minimum Gasteiger partial charge on any atom is -0.391 e. The standard InChI is InChI=1S/C16H25NO/c1-12(2)13-8-6-7-9-14(13)17-15-10-4-3-5-11-16(15)18/h6-9,12,15-18H,3-5,10-11H2,1-2H3. The molecule has 0 saturated heterocycles. The smallest absolute Gasteiger partial charge is 0.0741 e. The molecule has 100 valence electrons. The largest absolute Gasteiger partial charge is 0.391 e. The molecule has 2 rings (SSSR count). The zero-order valence-corrected chi connectivity index (χ0v) is 11.5. The summed E-state index contributed by atoms with van der Waals surface area (Å²) in [7, 11) is 0. The fourth-order valence-corrected chi connectivity index (χ4v) is 2.79. The van der Waals surface area contributed by atoms with Crippen molar-refractivity contribution in [3.05, 3.63) is 29.8 Å². The number of nitrogens with one attached hydrogen (secondary N) is 1. The summed E-state index contributed by atoms with van der Waals surface area (Å²) in [6, 6.07) is 8.68. The first-order valence-corrected chi connectivity index (χ1v) is 7.22. The quantitative estimate of drug-likeness (QED) is 0.794. The summed E-state index contributed by atoms with van der Waals surface area (Å²) in [6.07, 6.45) is 5.44. The predicted molar refractivity (Wildman–Crippen MR) is 77.0 cm³/mol. The fraction of sp³-hybridized carbons (Fsp3) is 0.625. The maximum atomic E-state index is 10.2. The van der Waals surface area contributed by atoms with E-state index in [1.54, 1.807) is 0 Å². The summed E-state index contributed by atoms with van der Waals surface area (Å²) in [5.74, 6) is 0.511. The van der Waals surface area contributed by atoms with Crippen LogP contribution in [0.4, 0.5) is 5.69 Å². The molecule has 1 aliphatic carbocycles. The van der Waals surface area contributed by atoms with Crippen molar-refractivity contribution in [2.75, 3.05) is 5.32 Å². The first kappa shape index (κ1) is 13.4. The summed E-state index contributed by atoms with van der Waals surface area (Å²) in [5, 5.41) is 13.7. The molecule has 1 saturated carbocycles. The Balaban J connectivity index is 2.12. The van der Waals surface area contributed by atoms with E-state index in [1.807, 2.05) is 0 Å². The molecule has 0 radical (unpaired) electrons. The van der Waals surface area contributed by atoms with Crippen LogP contribution in [0.2, 0.25) is 0 Å². The lowest BCUT2D eigenvalue weighted by molar-refractivity contribution is 0.144. The summed E-state index contributed by atoms with van der Waals surface area (Å²) < 4.78 is 0. The molecule has 2 atom stereocenters. The lowest BCUT2D eigenvalue weighted by Gasteiger charge is -2.25. The molecule has 0 amide bonds. The minimum atomic E-state index is -0.201. The molecule has 1 fully saturated rings. The van der Waals surface area contributed by atoms with Gasteiger partial charge in [-0.2, -0.15) is 0 Å². The van der Waals surface area contributed by atoms with Gasteiger partial charge >= 0.3 is 0 Å². The zero-order valence-electron chi connectivity index (χ0n) is 11.5. The normalized spacial score (nSPS) is 24.9. The molecule has 0 bridgehead atoms. The number of para-hydroxylation sites is 1. The Labute approximate surface area is 110 Å². The van der Waals surface area contributed by atoms with Gasteiger partial charge < -0.3 is 10.4 Å². The Hall–Kier alpha value is -1.02. The zero-order chi connectivity index (χ0) is 13.0. The molecule has 1 aromatic rings. The van der Waals surface area contributed by atoms with E-state index in [2.05, 4.69) is 43.4 Å². The van der Waals surface area contributed by atoms with Crippen molar-refractivity contribution in [1.82, 2.24) is 0 Å². The molecule has 0 spiro atoms. The minimum absolute atomic E-state index is 0.201. The average Bonchev–Trinajstić information content (AvgIpc) is 2.55. The van der Waals surface area contributed by atoms with Gasteiger partial charge in [-0.1, -0.05) is 51.3 Å². The van der Waals surface area contributed by atoms with Crippen LogP contribution in [0.5, 0.6) is 0 Å². The van der Waals surface area contributed by atoms with E-state index in [4.69, 9.17) is 0 Å². The molecule has 2 unspecified atom stereocenters. The Kier molecular flexibility index (Phi) is 4.65. The third-order valence-corrected chi connectivity index (χ3v) is 3.90. The van der Waals surface area contributed by atoms with E-state index < -0.39 is 0 Å². The third-order valence-electron chi connectivity index (χ3n) is 3.90. The van der Waals surface area contributed by atoms with Crippen LogP contribution < -0.4 is 5.32 Å². The van der Waals surface area contributed by atoms with Crippen LogP contribution in [-0.2, 0) is 0 Å². The van der Waals surface area contributed by atoms with Gasteiger partial charge in [-0.05, 0) is 30.4 Å². The second-order valence-corrected chi connectivity index (χ2v) is 5.70. The Morgan fingerprint density at radius 2 is 1.83 bits per heavy atom. The van der Waals surface area contributed by atoms with E-state index >= 15 is 0 Å². The first-order chi connectivity index (χ1) is 8.68. The molecule has 1 aromatic carbocycles. The molecule has 0 aliphatic heterocycles. The van der Waals surface area contributed by atoms with Crippen molar-refractivity contribution in [2.24, 2.45) is 0 Å². The van der Waals surface area contributed by atoms with Gasteiger partial charge in [0.1, 0.15) is 0 Å². The van der Waals surface area contributed by atoms with Gasteiger partial charge in [-0.3, -0.25) is 0 Å². The second kappa shape index (κ2) is 6.24. The van der Waals surface area contributed by atoms with E-state index in [9.17, 15) is 5.11 Å². The summed E-state index contributed by atoms with van der Waals surface area (Å²) in [6.45, 7) is 4.42. The van der Waals surface area contributed by atoms with Crippen LogP contribution in [-0.4, -0.2) is 17.3 Å². The molecule has 1 aliphatic rings. The number of hydrogen-bond donors (Lipinski definition) is 2. The van der Waals surface area contributed by atoms with Gasteiger partial charge in [-0.25, -0.2) is 0 Å². The predicted octanol–water partition coefficient (Wildman–Crippen LogP) is 3.92. The number of benzene rings is 1. The van der Waals surface area contributed by atoms with E-state index in [0.717, 1.165) is 19.3 Å². The monoisotopic (exact) mass is 247 g/mol. The van der Waals surface area contributed by atoms with Crippen LogP contribution in [0, 0.1) is 0 Å². The third kappa shape index (κ3) is 3.26. The number of anilines is 1. The van der Waals surface area contributed by atoms with Crippen LogP contribution >= 0.6 is 0 Å². The molecule has 0 heterocycles. The van der Waals surface area contributed by atoms with Gasteiger partial charge in [-0.15, -0.1) is 0 Å².